The van der Waals surface area contributed by atoms with Gasteiger partial charge in [0.25, 0.3) is 11.8 Å². The summed E-state index contributed by atoms with van der Waals surface area (Å²) in [6, 6.07) is 4.51. The number of fused-ring (bicyclic) bond motifs is 1. The Bertz CT molecular complexity index is 1460. The van der Waals surface area contributed by atoms with Crippen LogP contribution in [0.1, 0.15) is 0 Å². The predicted molar refractivity (Wildman–Crippen MR) is 116 cm³/mol. The van der Waals surface area contributed by atoms with E-state index in [1.54, 1.807) is 6.07 Å². The lowest BCUT2D eigenvalue weighted by atomic mass is 10.1. The Morgan fingerprint density at radius 3 is 2.32 bits per heavy atom. The second-order valence-corrected chi connectivity index (χ2v) is 8.51. The van der Waals surface area contributed by atoms with E-state index < -0.39 is 22.4 Å². The number of benzene rings is 1. The van der Waals surface area contributed by atoms with Gasteiger partial charge in [-0.1, -0.05) is 11.6 Å². The third-order valence-electron chi connectivity index (χ3n) is 4.63. The lowest BCUT2D eigenvalue weighted by Crippen LogP contribution is -2.12. The van der Waals surface area contributed by atoms with Crippen molar-refractivity contribution >= 4 is 32.5 Å². The van der Waals surface area contributed by atoms with E-state index in [2.05, 4.69) is 24.7 Å². The molecule has 4 rings (SSSR count). The fraction of sp³-hybridized carbons (Fsp3) is 0.158. The van der Waals surface area contributed by atoms with Crippen molar-refractivity contribution in [3.05, 3.63) is 41.9 Å². The molecule has 0 aliphatic carbocycles. The van der Waals surface area contributed by atoms with Crippen LogP contribution >= 0.6 is 11.6 Å². The second-order valence-electron chi connectivity index (χ2n) is 6.57. The maximum absolute atomic E-state index is 12.9. The highest BCUT2D eigenvalue weighted by Gasteiger charge is 2.27. The van der Waals surface area contributed by atoms with Crippen molar-refractivity contribution in [3.63, 3.8) is 0 Å². The number of nitrogens with two attached hydrogens (primary N) is 1. The highest BCUT2D eigenvalue weighted by atomic mass is 35.5. The van der Waals surface area contributed by atoms with E-state index in [0.717, 1.165) is 0 Å². The largest absolute Gasteiger partial charge is 0.478 e. The van der Waals surface area contributed by atoms with Crippen LogP contribution in [-0.4, -0.2) is 53.8 Å². The van der Waals surface area contributed by atoms with Crippen molar-refractivity contribution < 1.29 is 31.4 Å². The fourth-order valence-corrected chi connectivity index (χ4v) is 4.28. The standard InChI is InChI=1S/C19H15ClF2N6O5S/c1-31-16-15(33-18(21)22)17(32-2)27-19(26-16)28-7-12(34(23,29)30)9-3-4-10(20)13(14(9)28)11-5-6-24-8-25-11/h3-8,18H,1-2H3,(H2,23,29,30). The number of rotatable bonds is 7. The molecule has 178 valence electrons. The van der Waals surface area contributed by atoms with Crippen molar-refractivity contribution in [1.82, 2.24) is 24.5 Å². The number of primary sulfonamides is 1. The molecule has 3 heterocycles. The molecule has 0 atom stereocenters. The van der Waals surface area contributed by atoms with Gasteiger partial charge in [-0.15, -0.1) is 0 Å². The molecule has 0 bridgehead atoms. The first-order valence-electron chi connectivity index (χ1n) is 9.23. The topological polar surface area (TPSA) is 144 Å². The first-order valence-corrected chi connectivity index (χ1v) is 11.2. The van der Waals surface area contributed by atoms with Crippen LogP contribution in [0.3, 0.4) is 0 Å². The Kier molecular flexibility index (Phi) is 6.20. The number of hydrogen-bond acceptors (Lipinski definition) is 9. The molecule has 2 N–H and O–H groups in total. The summed E-state index contributed by atoms with van der Waals surface area (Å²) in [6.45, 7) is -3.21. The van der Waals surface area contributed by atoms with Crippen molar-refractivity contribution in [2.75, 3.05) is 14.2 Å². The van der Waals surface area contributed by atoms with Gasteiger partial charge in [0.2, 0.25) is 21.7 Å². The number of halogens is 3. The highest BCUT2D eigenvalue weighted by Crippen LogP contribution is 2.41. The zero-order chi connectivity index (χ0) is 24.6. The van der Waals surface area contributed by atoms with Gasteiger partial charge in [-0.25, -0.2) is 23.5 Å². The summed E-state index contributed by atoms with van der Waals surface area (Å²) in [7, 11) is -1.87. The minimum Gasteiger partial charge on any atom is -0.478 e. The number of nitrogens with zero attached hydrogens (tertiary/aromatic N) is 5. The normalized spacial score (nSPS) is 11.7. The molecular formula is C19H15ClF2N6O5S. The molecule has 11 nitrogen and oxygen atoms in total. The summed E-state index contributed by atoms with van der Waals surface area (Å²) >= 11 is 6.47. The lowest BCUT2D eigenvalue weighted by Gasteiger charge is -2.15. The molecule has 0 amide bonds. The first-order chi connectivity index (χ1) is 16.2. The molecule has 0 aliphatic rings. The van der Waals surface area contributed by atoms with Crippen molar-refractivity contribution in [2.45, 2.75) is 11.5 Å². The SMILES string of the molecule is COc1nc(-n2cc(S(N)(=O)=O)c3ccc(Cl)c(-c4ccncn4)c32)nc(OC)c1OC(F)F. The Hall–Kier alpha value is -3.62. The van der Waals surface area contributed by atoms with Crippen molar-refractivity contribution in [3.8, 4) is 34.7 Å². The first kappa shape index (κ1) is 23.5. The molecule has 0 radical (unpaired) electrons. The molecule has 0 unspecified atom stereocenters. The second kappa shape index (κ2) is 8.96. The van der Waals surface area contributed by atoms with Gasteiger partial charge in [0.1, 0.15) is 11.2 Å². The molecule has 3 aromatic heterocycles. The summed E-state index contributed by atoms with van der Waals surface area (Å²) < 4.78 is 66.4. The van der Waals surface area contributed by atoms with Crippen LogP contribution in [0.5, 0.6) is 17.5 Å². The molecule has 0 fully saturated rings. The fourth-order valence-electron chi connectivity index (χ4n) is 3.31. The van der Waals surface area contributed by atoms with Crippen LogP contribution in [-0.2, 0) is 10.0 Å². The lowest BCUT2D eigenvalue weighted by molar-refractivity contribution is -0.0534. The molecular weight excluding hydrogens is 498 g/mol. The van der Waals surface area contributed by atoms with Crippen LogP contribution < -0.4 is 19.3 Å². The third-order valence-corrected chi connectivity index (χ3v) is 5.88. The van der Waals surface area contributed by atoms with E-state index in [-0.39, 0.29) is 38.5 Å². The highest BCUT2D eigenvalue weighted by molar-refractivity contribution is 7.89. The zero-order valence-electron chi connectivity index (χ0n) is 17.4. The quantitative estimate of drug-likeness (QED) is 0.395. The van der Waals surface area contributed by atoms with Gasteiger partial charge in [-0.05, 0) is 18.2 Å². The van der Waals surface area contributed by atoms with Gasteiger partial charge in [0.05, 0.1) is 30.5 Å². The maximum Gasteiger partial charge on any atom is 0.387 e. The summed E-state index contributed by atoms with van der Waals surface area (Å²) in [5, 5.41) is 5.85. The number of alkyl halides is 2. The van der Waals surface area contributed by atoms with Crippen LogP contribution in [0.2, 0.25) is 5.02 Å². The Morgan fingerprint density at radius 1 is 1.12 bits per heavy atom. The Balaban J connectivity index is 2.12. The van der Waals surface area contributed by atoms with Crippen LogP contribution in [0.15, 0.2) is 41.8 Å². The summed E-state index contributed by atoms with van der Waals surface area (Å²) in [5.74, 6) is -1.51. The van der Waals surface area contributed by atoms with Gasteiger partial charge >= 0.3 is 6.61 Å². The average molecular weight is 513 g/mol. The molecule has 4 aromatic rings. The Labute approximate surface area is 196 Å². The van der Waals surface area contributed by atoms with Crippen molar-refractivity contribution in [1.29, 1.82) is 0 Å². The molecule has 0 spiro atoms. The average Bonchev–Trinajstić information content (AvgIpc) is 3.19. The van der Waals surface area contributed by atoms with E-state index in [0.29, 0.717) is 11.3 Å². The van der Waals surface area contributed by atoms with Gasteiger partial charge < -0.3 is 14.2 Å². The molecule has 15 heteroatoms. The molecule has 0 aliphatic heterocycles. The zero-order valence-corrected chi connectivity index (χ0v) is 19.0. The van der Waals surface area contributed by atoms with Gasteiger partial charge in [0.15, 0.2) is 0 Å². The molecule has 34 heavy (non-hydrogen) atoms. The van der Waals surface area contributed by atoms with E-state index in [1.165, 1.54) is 49.6 Å². The number of sulfonamides is 1. The number of hydrogen-bond donors (Lipinski definition) is 1. The number of aromatic nitrogens is 5. The molecule has 0 saturated carbocycles. The minimum atomic E-state index is -4.22. The van der Waals surface area contributed by atoms with Gasteiger partial charge in [-0.3, -0.25) is 4.57 Å². The third kappa shape index (κ3) is 4.18. The van der Waals surface area contributed by atoms with Gasteiger partial charge in [0, 0.05) is 23.3 Å². The summed E-state index contributed by atoms with van der Waals surface area (Å²) in [5.41, 5.74) is 0.912. The summed E-state index contributed by atoms with van der Waals surface area (Å²) in [4.78, 5) is 16.0. The van der Waals surface area contributed by atoms with E-state index in [4.69, 9.17) is 26.2 Å². The van der Waals surface area contributed by atoms with Crippen molar-refractivity contribution in [2.24, 2.45) is 5.14 Å². The molecule has 1 aromatic carbocycles. The van der Waals surface area contributed by atoms with E-state index in [1.807, 2.05) is 0 Å². The maximum atomic E-state index is 12.9. The minimum absolute atomic E-state index is 0.190. The number of ether oxygens (including phenoxy) is 3. The number of methoxy groups -OCH3 is 2. The van der Waals surface area contributed by atoms with E-state index in [9.17, 15) is 17.2 Å². The smallest absolute Gasteiger partial charge is 0.387 e. The van der Waals surface area contributed by atoms with Crippen LogP contribution in [0, 0.1) is 0 Å². The Morgan fingerprint density at radius 2 is 1.79 bits per heavy atom. The van der Waals surface area contributed by atoms with Crippen LogP contribution in [0.4, 0.5) is 8.78 Å². The monoisotopic (exact) mass is 512 g/mol. The predicted octanol–water partition coefficient (Wildman–Crippen LogP) is 2.80. The van der Waals surface area contributed by atoms with E-state index >= 15 is 0 Å². The molecule has 0 saturated heterocycles. The van der Waals surface area contributed by atoms with Crippen LogP contribution in [0.25, 0.3) is 28.1 Å². The summed E-state index contributed by atoms with van der Waals surface area (Å²) in [6.07, 6.45) is 3.94. The van der Waals surface area contributed by atoms with Gasteiger partial charge in [-0.2, -0.15) is 18.7 Å².